The van der Waals surface area contributed by atoms with Gasteiger partial charge in [-0.1, -0.05) is 0 Å². The molecule has 88 valence electrons. The predicted molar refractivity (Wildman–Crippen MR) is 51.2 cm³/mol. The van der Waals surface area contributed by atoms with Crippen molar-refractivity contribution < 1.29 is 24.5 Å². The Morgan fingerprint density at radius 1 is 1.47 bits per heavy atom. The number of nitrogens with two attached hydrogens (primary N) is 1. The summed E-state index contributed by atoms with van der Waals surface area (Å²) in [6, 6.07) is 0. The van der Waals surface area contributed by atoms with Gasteiger partial charge in [0.2, 0.25) is 5.91 Å². The van der Waals surface area contributed by atoms with Gasteiger partial charge in [-0.25, -0.2) is 0 Å². The minimum atomic E-state index is -1.08. The second kappa shape index (κ2) is 7.16. The maximum absolute atomic E-state index is 10.6. The van der Waals surface area contributed by atoms with E-state index < -0.39 is 18.0 Å². The van der Waals surface area contributed by atoms with Crippen LogP contribution in [0.5, 0.6) is 0 Å². The number of carbonyl (C=O) groups is 2. The Labute approximate surface area is 87.4 Å². The molecule has 0 aliphatic heterocycles. The van der Waals surface area contributed by atoms with Crippen LogP contribution in [0.2, 0.25) is 0 Å². The Balaban J connectivity index is 4.10. The molecule has 0 aromatic carbocycles. The average molecular weight is 220 g/mol. The lowest BCUT2D eigenvalue weighted by atomic mass is 10.3. The van der Waals surface area contributed by atoms with Crippen LogP contribution in [0.3, 0.4) is 0 Å². The molecular weight excluding hydrogens is 204 g/mol. The zero-order chi connectivity index (χ0) is 11.8. The summed E-state index contributed by atoms with van der Waals surface area (Å²) in [7, 11) is 1.42. The van der Waals surface area contributed by atoms with Gasteiger partial charge in [0.05, 0.1) is 25.8 Å². The van der Waals surface area contributed by atoms with Gasteiger partial charge in [0, 0.05) is 13.7 Å². The normalized spacial score (nSPS) is 12.7. The highest BCUT2D eigenvalue weighted by Gasteiger charge is 2.16. The number of methoxy groups -OCH3 is 1. The SMILES string of the molecule is COCC(O)CN(CC(N)=O)CC(=O)O. The van der Waals surface area contributed by atoms with Crippen molar-refractivity contribution in [3.05, 3.63) is 0 Å². The minimum absolute atomic E-state index is 0.0308. The van der Waals surface area contributed by atoms with E-state index in [1.54, 1.807) is 0 Å². The molecule has 4 N–H and O–H groups in total. The van der Waals surface area contributed by atoms with E-state index in [-0.39, 0.29) is 26.2 Å². The number of ether oxygens (including phenoxy) is 1. The number of rotatable bonds is 8. The molecule has 7 nitrogen and oxygen atoms in total. The van der Waals surface area contributed by atoms with E-state index in [9.17, 15) is 14.7 Å². The zero-order valence-corrected chi connectivity index (χ0v) is 8.55. The topological polar surface area (TPSA) is 113 Å². The first-order valence-electron chi connectivity index (χ1n) is 4.35. The fourth-order valence-corrected chi connectivity index (χ4v) is 1.14. The highest BCUT2D eigenvalue weighted by Crippen LogP contribution is 1.93. The molecule has 0 radical (unpaired) electrons. The molecule has 0 saturated carbocycles. The molecule has 15 heavy (non-hydrogen) atoms. The summed E-state index contributed by atoms with van der Waals surface area (Å²) >= 11 is 0. The van der Waals surface area contributed by atoms with Gasteiger partial charge in [-0.3, -0.25) is 14.5 Å². The van der Waals surface area contributed by atoms with Gasteiger partial charge in [0.25, 0.3) is 0 Å². The Morgan fingerprint density at radius 2 is 2.07 bits per heavy atom. The molecule has 0 spiro atoms. The third-order valence-corrected chi connectivity index (χ3v) is 1.57. The van der Waals surface area contributed by atoms with E-state index in [0.29, 0.717) is 0 Å². The first-order valence-corrected chi connectivity index (χ1v) is 4.35. The molecule has 1 amide bonds. The van der Waals surface area contributed by atoms with Crippen LogP contribution >= 0.6 is 0 Å². The number of aliphatic carboxylic acids is 1. The van der Waals surface area contributed by atoms with Gasteiger partial charge in [-0.2, -0.15) is 0 Å². The van der Waals surface area contributed by atoms with Crippen molar-refractivity contribution >= 4 is 11.9 Å². The molecule has 0 rings (SSSR count). The molecule has 1 unspecified atom stereocenters. The molecule has 0 aliphatic rings. The van der Waals surface area contributed by atoms with E-state index in [1.807, 2.05) is 0 Å². The van der Waals surface area contributed by atoms with Gasteiger partial charge in [-0.05, 0) is 0 Å². The fraction of sp³-hybridized carbons (Fsp3) is 0.750. The molecule has 0 saturated heterocycles. The standard InChI is InChI=1S/C8H16N2O5/c1-15-5-6(11)2-10(3-7(9)12)4-8(13)14/h6,11H,2-5H2,1H3,(H2,9,12)(H,13,14). The van der Waals surface area contributed by atoms with Crippen LogP contribution in [-0.4, -0.2) is 66.4 Å². The number of carbonyl (C=O) groups excluding carboxylic acids is 1. The molecular formula is C8H16N2O5. The van der Waals surface area contributed by atoms with Gasteiger partial charge in [-0.15, -0.1) is 0 Å². The summed E-state index contributed by atoms with van der Waals surface area (Å²) in [5.41, 5.74) is 4.93. The third-order valence-electron chi connectivity index (χ3n) is 1.57. The monoisotopic (exact) mass is 220 g/mol. The molecule has 0 aromatic rings. The lowest BCUT2D eigenvalue weighted by Gasteiger charge is -2.21. The third kappa shape index (κ3) is 7.86. The second-order valence-corrected chi connectivity index (χ2v) is 3.14. The quantitative estimate of drug-likeness (QED) is 0.430. The van der Waals surface area contributed by atoms with Crippen LogP contribution in [0.25, 0.3) is 0 Å². The van der Waals surface area contributed by atoms with Gasteiger partial charge in [0.15, 0.2) is 0 Å². The number of hydrogen-bond acceptors (Lipinski definition) is 5. The molecule has 1 atom stereocenters. The van der Waals surface area contributed by atoms with Crippen molar-refractivity contribution in [3.63, 3.8) is 0 Å². The maximum atomic E-state index is 10.6. The van der Waals surface area contributed by atoms with Crippen LogP contribution < -0.4 is 5.73 Å². The molecule has 0 aliphatic carbocycles. The number of amides is 1. The highest BCUT2D eigenvalue weighted by molar-refractivity contribution is 5.77. The molecule has 7 heteroatoms. The van der Waals surface area contributed by atoms with Crippen LogP contribution in [0.1, 0.15) is 0 Å². The zero-order valence-electron chi connectivity index (χ0n) is 8.55. The number of carboxylic acid groups (broad SMARTS) is 1. The number of aliphatic hydroxyl groups excluding tert-OH is 1. The van der Waals surface area contributed by atoms with E-state index >= 15 is 0 Å². The summed E-state index contributed by atoms with van der Waals surface area (Å²) in [5.74, 6) is -1.72. The lowest BCUT2D eigenvalue weighted by molar-refractivity contribution is -0.139. The number of aliphatic hydroxyl groups is 1. The minimum Gasteiger partial charge on any atom is -0.480 e. The van der Waals surface area contributed by atoms with Crippen molar-refractivity contribution in [1.82, 2.24) is 4.90 Å². The highest BCUT2D eigenvalue weighted by atomic mass is 16.5. The summed E-state index contributed by atoms with van der Waals surface area (Å²) in [6.45, 7) is -0.436. The van der Waals surface area contributed by atoms with Crippen molar-refractivity contribution in [2.24, 2.45) is 5.73 Å². The van der Waals surface area contributed by atoms with Gasteiger partial charge < -0.3 is 20.7 Å². The molecule has 0 bridgehead atoms. The van der Waals surface area contributed by atoms with Crippen molar-refractivity contribution in [1.29, 1.82) is 0 Å². The first kappa shape index (κ1) is 13.8. The Bertz CT molecular complexity index is 205. The van der Waals surface area contributed by atoms with Crippen LogP contribution in [0.15, 0.2) is 0 Å². The van der Waals surface area contributed by atoms with Crippen LogP contribution in [-0.2, 0) is 14.3 Å². The largest absolute Gasteiger partial charge is 0.480 e. The number of nitrogens with zero attached hydrogens (tertiary/aromatic N) is 1. The van der Waals surface area contributed by atoms with E-state index in [1.165, 1.54) is 12.0 Å². The van der Waals surface area contributed by atoms with Crippen LogP contribution in [0.4, 0.5) is 0 Å². The van der Waals surface area contributed by atoms with Gasteiger partial charge >= 0.3 is 5.97 Å². The maximum Gasteiger partial charge on any atom is 0.317 e. The summed E-state index contributed by atoms with van der Waals surface area (Å²) < 4.78 is 4.67. The Hall–Kier alpha value is -1.18. The second-order valence-electron chi connectivity index (χ2n) is 3.14. The van der Waals surface area contributed by atoms with Gasteiger partial charge in [0.1, 0.15) is 0 Å². The van der Waals surface area contributed by atoms with Crippen molar-refractivity contribution in [3.8, 4) is 0 Å². The predicted octanol–water partition coefficient (Wildman–Crippen LogP) is -2.13. The van der Waals surface area contributed by atoms with Crippen molar-refractivity contribution in [2.75, 3.05) is 33.4 Å². The van der Waals surface area contributed by atoms with E-state index in [4.69, 9.17) is 10.8 Å². The number of hydrogen-bond donors (Lipinski definition) is 3. The number of primary amides is 1. The fourth-order valence-electron chi connectivity index (χ4n) is 1.14. The van der Waals surface area contributed by atoms with Crippen molar-refractivity contribution in [2.45, 2.75) is 6.10 Å². The summed E-state index contributed by atoms with van der Waals surface area (Å²) in [4.78, 5) is 22.3. The smallest absolute Gasteiger partial charge is 0.317 e. The Kier molecular flexibility index (Phi) is 6.59. The van der Waals surface area contributed by atoms with E-state index in [0.717, 1.165) is 0 Å². The lowest BCUT2D eigenvalue weighted by Crippen LogP contribution is -2.42. The Morgan fingerprint density at radius 3 is 2.47 bits per heavy atom. The molecule has 0 heterocycles. The summed E-state index contributed by atoms with van der Waals surface area (Å²) in [5, 5.41) is 17.9. The van der Waals surface area contributed by atoms with Crippen LogP contribution in [0, 0.1) is 0 Å². The average Bonchev–Trinajstić information content (AvgIpc) is 2.00. The number of carboxylic acids is 1. The van der Waals surface area contributed by atoms with E-state index in [2.05, 4.69) is 4.74 Å². The molecule has 0 aromatic heterocycles. The summed E-state index contributed by atoms with van der Waals surface area (Å²) in [6.07, 6.45) is -0.839. The molecule has 0 fully saturated rings. The first-order chi connectivity index (χ1) is 6.95.